The standard InChI is InChI=1S/C24H31NO2S/c1-19-7-11-21(12-8-19)22-17-24(15-5-3-4-6-16-24)25(18-22)28(26,27)23-13-9-20(2)10-14-23/h7-14,22H,3-6,15-18H2,1-2H3. The van der Waals surface area contributed by atoms with Gasteiger partial charge >= 0.3 is 0 Å². The van der Waals surface area contributed by atoms with Crippen LogP contribution < -0.4 is 0 Å². The van der Waals surface area contributed by atoms with Crippen molar-refractivity contribution in [1.82, 2.24) is 4.31 Å². The number of rotatable bonds is 3. The Bertz CT molecular complexity index is 908. The SMILES string of the molecule is Cc1ccc(C2CN(S(=O)(=O)c3ccc(C)cc3)C3(CCCCCC3)C2)cc1. The summed E-state index contributed by atoms with van der Waals surface area (Å²) in [6, 6.07) is 16.0. The maximum Gasteiger partial charge on any atom is 0.243 e. The lowest BCUT2D eigenvalue weighted by atomic mass is 9.83. The normalized spacial score (nSPS) is 23.0. The van der Waals surface area contributed by atoms with Crippen molar-refractivity contribution in [2.75, 3.05) is 6.54 Å². The van der Waals surface area contributed by atoms with Crippen LogP contribution in [0.25, 0.3) is 0 Å². The van der Waals surface area contributed by atoms with Gasteiger partial charge < -0.3 is 0 Å². The lowest BCUT2D eigenvalue weighted by Gasteiger charge is -2.37. The minimum atomic E-state index is -3.50. The molecule has 4 rings (SSSR count). The molecule has 0 bridgehead atoms. The summed E-state index contributed by atoms with van der Waals surface area (Å²) in [4.78, 5) is 0.436. The molecule has 4 heteroatoms. The molecule has 150 valence electrons. The van der Waals surface area contributed by atoms with Gasteiger partial charge in [-0.2, -0.15) is 4.31 Å². The Morgan fingerprint density at radius 1 is 0.821 bits per heavy atom. The summed E-state index contributed by atoms with van der Waals surface area (Å²) in [7, 11) is -3.50. The number of benzene rings is 2. The second-order valence-electron chi connectivity index (χ2n) is 8.80. The van der Waals surface area contributed by atoms with Gasteiger partial charge in [0.05, 0.1) is 4.90 Å². The van der Waals surface area contributed by atoms with Crippen LogP contribution in [-0.2, 0) is 10.0 Å². The third kappa shape index (κ3) is 3.65. The molecule has 0 aromatic heterocycles. The Hall–Kier alpha value is -1.65. The topological polar surface area (TPSA) is 37.4 Å². The molecular formula is C24H31NO2S. The third-order valence-electron chi connectivity index (χ3n) is 6.73. The molecule has 2 aliphatic rings. The second kappa shape index (κ2) is 7.64. The van der Waals surface area contributed by atoms with Gasteiger partial charge in [0.1, 0.15) is 0 Å². The molecular weight excluding hydrogens is 366 g/mol. The summed E-state index contributed by atoms with van der Waals surface area (Å²) in [6.07, 6.45) is 7.61. The van der Waals surface area contributed by atoms with Crippen molar-refractivity contribution in [3.8, 4) is 0 Å². The van der Waals surface area contributed by atoms with Crippen LogP contribution in [0.5, 0.6) is 0 Å². The smallest absolute Gasteiger partial charge is 0.207 e. The van der Waals surface area contributed by atoms with Crippen molar-refractivity contribution in [2.24, 2.45) is 0 Å². The van der Waals surface area contributed by atoms with Crippen molar-refractivity contribution in [2.45, 2.75) is 75.1 Å². The zero-order chi connectivity index (χ0) is 19.8. The summed E-state index contributed by atoms with van der Waals surface area (Å²) in [5, 5.41) is 0. The van der Waals surface area contributed by atoms with Crippen LogP contribution in [0.3, 0.4) is 0 Å². The molecule has 0 N–H and O–H groups in total. The lowest BCUT2D eigenvalue weighted by Crippen LogP contribution is -2.46. The van der Waals surface area contributed by atoms with Gasteiger partial charge in [0.15, 0.2) is 0 Å². The van der Waals surface area contributed by atoms with Gasteiger partial charge in [-0.05, 0) is 56.7 Å². The molecule has 2 aromatic rings. The fourth-order valence-corrected chi connectivity index (χ4v) is 6.99. The maximum atomic E-state index is 13.7. The minimum Gasteiger partial charge on any atom is -0.207 e. The first-order chi connectivity index (χ1) is 13.4. The number of sulfonamides is 1. The van der Waals surface area contributed by atoms with Crippen molar-refractivity contribution in [1.29, 1.82) is 0 Å². The zero-order valence-corrected chi connectivity index (χ0v) is 17.8. The van der Waals surface area contributed by atoms with Gasteiger partial charge in [-0.1, -0.05) is 73.2 Å². The van der Waals surface area contributed by atoms with E-state index in [9.17, 15) is 8.42 Å². The summed E-state index contributed by atoms with van der Waals surface area (Å²) in [5.41, 5.74) is 3.38. The van der Waals surface area contributed by atoms with Gasteiger partial charge in [0.25, 0.3) is 0 Å². The molecule has 1 spiro atoms. The molecule has 0 radical (unpaired) electrons. The van der Waals surface area contributed by atoms with E-state index in [2.05, 4.69) is 31.2 Å². The fourth-order valence-electron chi connectivity index (χ4n) is 5.11. The minimum absolute atomic E-state index is 0.226. The maximum absolute atomic E-state index is 13.7. The van der Waals surface area contributed by atoms with Gasteiger partial charge in [-0.15, -0.1) is 0 Å². The number of hydrogen-bond donors (Lipinski definition) is 0. The first-order valence-corrected chi connectivity index (χ1v) is 12.0. The average Bonchev–Trinajstić information content (AvgIpc) is 2.89. The van der Waals surface area contributed by atoms with E-state index in [1.807, 2.05) is 23.4 Å². The van der Waals surface area contributed by atoms with E-state index >= 15 is 0 Å². The van der Waals surface area contributed by atoms with Crippen LogP contribution >= 0.6 is 0 Å². The number of nitrogens with zero attached hydrogens (tertiary/aromatic N) is 1. The Kier molecular flexibility index (Phi) is 5.36. The predicted octanol–water partition coefficient (Wildman–Crippen LogP) is 5.57. The van der Waals surface area contributed by atoms with Crippen LogP contribution in [-0.4, -0.2) is 24.8 Å². The number of aryl methyl sites for hydroxylation is 2. The zero-order valence-electron chi connectivity index (χ0n) is 17.0. The van der Waals surface area contributed by atoms with Crippen molar-refractivity contribution >= 4 is 10.0 Å². The van der Waals surface area contributed by atoms with Crippen molar-refractivity contribution in [3.63, 3.8) is 0 Å². The molecule has 3 nitrogen and oxygen atoms in total. The fraction of sp³-hybridized carbons (Fsp3) is 0.500. The number of hydrogen-bond acceptors (Lipinski definition) is 2. The molecule has 1 saturated carbocycles. The van der Waals surface area contributed by atoms with E-state index in [0.29, 0.717) is 11.4 Å². The van der Waals surface area contributed by atoms with E-state index in [0.717, 1.165) is 37.7 Å². The van der Waals surface area contributed by atoms with E-state index in [-0.39, 0.29) is 11.5 Å². The van der Waals surface area contributed by atoms with E-state index < -0.39 is 10.0 Å². The molecule has 1 unspecified atom stereocenters. The molecule has 1 aliphatic heterocycles. The second-order valence-corrected chi connectivity index (χ2v) is 10.7. The molecule has 2 aromatic carbocycles. The molecule has 1 saturated heterocycles. The summed E-state index contributed by atoms with van der Waals surface area (Å²) >= 11 is 0. The van der Waals surface area contributed by atoms with Gasteiger partial charge in [0, 0.05) is 12.1 Å². The van der Waals surface area contributed by atoms with Gasteiger partial charge in [-0.25, -0.2) is 8.42 Å². The Balaban J connectivity index is 1.73. The van der Waals surface area contributed by atoms with E-state index in [1.54, 1.807) is 12.1 Å². The first kappa shape index (κ1) is 19.7. The summed E-state index contributed by atoms with van der Waals surface area (Å²) in [6.45, 7) is 4.69. The summed E-state index contributed by atoms with van der Waals surface area (Å²) < 4.78 is 29.3. The molecule has 1 atom stereocenters. The van der Waals surface area contributed by atoms with Crippen LogP contribution in [0.4, 0.5) is 0 Å². The monoisotopic (exact) mass is 397 g/mol. The highest BCUT2D eigenvalue weighted by molar-refractivity contribution is 7.89. The molecule has 28 heavy (non-hydrogen) atoms. The molecule has 1 heterocycles. The van der Waals surface area contributed by atoms with Gasteiger partial charge in [0.2, 0.25) is 10.0 Å². The Morgan fingerprint density at radius 3 is 1.93 bits per heavy atom. The Labute approximate surface area is 169 Å². The highest BCUT2D eigenvalue weighted by atomic mass is 32.2. The Morgan fingerprint density at radius 2 is 1.36 bits per heavy atom. The molecule has 0 amide bonds. The van der Waals surface area contributed by atoms with Crippen LogP contribution in [0.1, 0.15) is 67.6 Å². The summed E-state index contributed by atoms with van der Waals surface area (Å²) in [5.74, 6) is 0.277. The van der Waals surface area contributed by atoms with Crippen LogP contribution in [0.15, 0.2) is 53.4 Å². The van der Waals surface area contributed by atoms with Crippen molar-refractivity contribution in [3.05, 3.63) is 65.2 Å². The molecule has 1 aliphatic carbocycles. The quantitative estimate of drug-likeness (QED) is 0.678. The first-order valence-electron chi connectivity index (χ1n) is 10.6. The third-order valence-corrected chi connectivity index (χ3v) is 8.72. The van der Waals surface area contributed by atoms with Crippen molar-refractivity contribution < 1.29 is 8.42 Å². The van der Waals surface area contributed by atoms with Gasteiger partial charge in [-0.3, -0.25) is 0 Å². The molecule has 2 fully saturated rings. The highest BCUT2D eigenvalue weighted by Gasteiger charge is 2.51. The largest absolute Gasteiger partial charge is 0.243 e. The van der Waals surface area contributed by atoms with E-state index in [4.69, 9.17) is 0 Å². The van der Waals surface area contributed by atoms with Crippen LogP contribution in [0, 0.1) is 13.8 Å². The predicted molar refractivity (Wildman–Crippen MR) is 114 cm³/mol. The lowest BCUT2D eigenvalue weighted by molar-refractivity contribution is 0.210. The average molecular weight is 398 g/mol. The highest BCUT2D eigenvalue weighted by Crippen LogP contribution is 2.48. The van der Waals surface area contributed by atoms with Crippen LogP contribution in [0.2, 0.25) is 0 Å². The van der Waals surface area contributed by atoms with E-state index in [1.165, 1.54) is 24.0 Å².